The number of rotatable bonds is 8. The van der Waals surface area contributed by atoms with Crippen LogP contribution in [0.15, 0.2) is 71.8 Å². The minimum atomic E-state index is -3.34. The van der Waals surface area contributed by atoms with Gasteiger partial charge in [0.1, 0.15) is 5.56 Å². The number of amides is 1. The van der Waals surface area contributed by atoms with Crippen molar-refractivity contribution in [1.82, 2.24) is 18.8 Å². The molecular weight excluding hydrogens is 508 g/mol. The van der Waals surface area contributed by atoms with Crippen molar-refractivity contribution in [2.75, 3.05) is 37.4 Å². The summed E-state index contributed by atoms with van der Waals surface area (Å²) in [5.41, 5.74) is 7.31. The number of sulfonamides is 1. The number of fused-ring (bicyclic) bond motifs is 1. The molecule has 0 atom stereocenters. The van der Waals surface area contributed by atoms with Crippen LogP contribution in [0.3, 0.4) is 0 Å². The number of benzene rings is 2. The molecule has 1 fully saturated rings. The molecule has 1 amide bonds. The molecule has 2 aromatic carbocycles. The van der Waals surface area contributed by atoms with Crippen molar-refractivity contribution in [3.8, 4) is 5.69 Å². The largest absolute Gasteiger partial charge is 0.379 e. The van der Waals surface area contributed by atoms with E-state index in [0.717, 1.165) is 5.56 Å². The average Bonchev–Trinajstić information content (AvgIpc) is 2.94. The van der Waals surface area contributed by atoms with E-state index in [1.807, 2.05) is 54.6 Å². The fourth-order valence-electron chi connectivity index (χ4n) is 4.22. The van der Waals surface area contributed by atoms with Crippen LogP contribution in [0.5, 0.6) is 0 Å². The summed E-state index contributed by atoms with van der Waals surface area (Å²) in [5, 5.41) is 3.27. The monoisotopic (exact) mass is 534 g/mol. The lowest BCUT2D eigenvalue weighted by molar-refractivity contribution is 0.0730. The zero-order valence-corrected chi connectivity index (χ0v) is 21.2. The van der Waals surface area contributed by atoms with Gasteiger partial charge in [0, 0.05) is 36.9 Å². The number of aryl methyl sites for hydroxylation is 1. The Bertz CT molecular complexity index is 1630. The molecule has 3 heterocycles. The summed E-state index contributed by atoms with van der Waals surface area (Å²) in [6.45, 7) is 1.62. The Kier molecular flexibility index (Phi) is 7.18. The van der Waals surface area contributed by atoms with Crippen molar-refractivity contribution in [1.29, 1.82) is 0 Å². The highest BCUT2D eigenvalue weighted by molar-refractivity contribution is 7.89. The van der Waals surface area contributed by atoms with Gasteiger partial charge in [-0.1, -0.05) is 30.3 Å². The standard InChI is InChI=1S/C26H26N6O5S/c27-24(34)22-17-32(20-4-2-1-3-5-20)25-21(23(22)33)16-28-26(30-25)29-19-8-6-18(7-9-19)10-15-38(35,36)31-11-13-37-14-12-31/h1-9,16-17H,10-15H2,(H2,27,34)(H,28,29,30). The number of anilines is 2. The zero-order valence-electron chi connectivity index (χ0n) is 20.4. The van der Waals surface area contributed by atoms with Crippen LogP contribution in [0.1, 0.15) is 15.9 Å². The lowest BCUT2D eigenvalue weighted by atomic mass is 10.1. The number of pyridine rings is 1. The minimum Gasteiger partial charge on any atom is -0.379 e. The molecule has 0 spiro atoms. The van der Waals surface area contributed by atoms with E-state index in [2.05, 4.69) is 15.3 Å². The van der Waals surface area contributed by atoms with Crippen molar-refractivity contribution < 1.29 is 17.9 Å². The van der Waals surface area contributed by atoms with Gasteiger partial charge in [-0.05, 0) is 36.2 Å². The Morgan fingerprint density at radius 3 is 2.45 bits per heavy atom. The van der Waals surface area contributed by atoms with Crippen molar-refractivity contribution in [2.45, 2.75) is 6.42 Å². The molecule has 12 heteroatoms. The Labute approximate surface area is 218 Å². The van der Waals surface area contributed by atoms with Gasteiger partial charge in [0.05, 0.1) is 24.4 Å². The molecule has 0 saturated carbocycles. The summed E-state index contributed by atoms with van der Waals surface area (Å²) in [5.74, 6) is -0.560. The van der Waals surface area contributed by atoms with E-state index in [-0.39, 0.29) is 22.7 Å². The van der Waals surface area contributed by atoms with Crippen molar-refractivity contribution in [3.05, 3.63) is 88.3 Å². The van der Waals surface area contributed by atoms with Gasteiger partial charge in [0.15, 0.2) is 5.65 Å². The van der Waals surface area contributed by atoms with Crippen LogP contribution in [-0.4, -0.2) is 65.2 Å². The van der Waals surface area contributed by atoms with Gasteiger partial charge in [0.25, 0.3) is 5.91 Å². The van der Waals surface area contributed by atoms with Crippen molar-refractivity contribution >= 4 is 38.6 Å². The Balaban J connectivity index is 1.37. The lowest BCUT2D eigenvalue weighted by Crippen LogP contribution is -2.42. The maximum absolute atomic E-state index is 12.8. The predicted molar refractivity (Wildman–Crippen MR) is 143 cm³/mol. The smallest absolute Gasteiger partial charge is 0.254 e. The molecule has 196 valence electrons. The molecule has 0 bridgehead atoms. The number of nitrogens with two attached hydrogens (primary N) is 1. The number of hydrogen-bond donors (Lipinski definition) is 2. The van der Waals surface area contributed by atoms with Crippen LogP contribution in [0, 0.1) is 0 Å². The van der Waals surface area contributed by atoms with Crippen LogP contribution >= 0.6 is 0 Å². The third kappa shape index (κ3) is 5.42. The van der Waals surface area contributed by atoms with Gasteiger partial charge in [-0.25, -0.2) is 13.4 Å². The molecule has 0 radical (unpaired) electrons. The van der Waals surface area contributed by atoms with E-state index in [4.69, 9.17) is 10.5 Å². The second-order valence-corrected chi connectivity index (χ2v) is 10.9. The molecule has 5 rings (SSSR count). The predicted octanol–water partition coefficient (Wildman–Crippen LogP) is 1.83. The summed E-state index contributed by atoms with van der Waals surface area (Å²) in [6.07, 6.45) is 3.14. The van der Waals surface area contributed by atoms with Gasteiger partial charge in [0.2, 0.25) is 21.4 Å². The van der Waals surface area contributed by atoms with Gasteiger partial charge < -0.3 is 20.4 Å². The summed E-state index contributed by atoms with van der Waals surface area (Å²) >= 11 is 0. The van der Waals surface area contributed by atoms with Gasteiger partial charge in [-0.2, -0.15) is 9.29 Å². The molecule has 4 aromatic rings. The van der Waals surface area contributed by atoms with E-state index in [0.29, 0.717) is 49.7 Å². The van der Waals surface area contributed by atoms with Crippen molar-refractivity contribution in [2.24, 2.45) is 5.73 Å². The number of ether oxygens (including phenoxy) is 1. The summed E-state index contributed by atoms with van der Waals surface area (Å²) in [6, 6.07) is 16.5. The van der Waals surface area contributed by atoms with Crippen LogP contribution in [-0.2, 0) is 21.2 Å². The maximum Gasteiger partial charge on any atom is 0.254 e. The molecule has 1 saturated heterocycles. The number of carbonyl (C=O) groups excluding carboxylic acids is 1. The van der Waals surface area contributed by atoms with Crippen LogP contribution in [0.25, 0.3) is 16.7 Å². The Morgan fingerprint density at radius 2 is 1.76 bits per heavy atom. The van der Waals surface area contributed by atoms with Crippen LogP contribution < -0.4 is 16.5 Å². The average molecular weight is 535 g/mol. The van der Waals surface area contributed by atoms with Gasteiger partial charge in [-0.3, -0.25) is 9.59 Å². The quantitative estimate of drug-likeness (QED) is 0.348. The number of nitrogens with one attached hydrogen (secondary N) is 1. The first-order chi connectivity index (χ1) is 18.3. The molecule has 0 unspecified atom stereocenters. The molecule has 3 N–H and O–H groups in total. The Morgan fingerprint density at radius 1 is 1.05 bits per heavy atom. The summed E-state index contributed by atoms with van der Waals surface area (Å²) in [7, 11) is -3.34. The summed E-state index contributed by atoms with van der Waals surface area (Å²) in [4.78, 5) is 33.5. The highest BCUT2D eigenvalue weighted by Crippen LogP contribution is 2.20. The number of primary amides is 1. The molecule has 1 aliphatic rings. The number of aromatic nitrogens is 3. The number of hydrogen-bond acceptors (Lipinski definition) is 8. The molecule has 2 aromatic heterocycles. The first-order valence-corrected chi connectivity index (χ1v) is 13.6. The zero-order chi connectivity index (χ0) is 26.7. The normalized spacial score (nSPS) is 14.4. The number of para-hydroxylation sites is 1. The minimum absolute atomic E-state index is 0.0257. The van der Waals surface area contributed by atoms with E-state index in [1.54, 1.807) is 4.57 Å². The first-order valence-electron chi connectivity index (χ1n) is 12.0. The topological polar surface area (TPSA) is 150 Å². The fraction of sp³-hybridized carbons (Fsp3) is 0.231. The number of carbonyl (C=O) groups is 1. The molecule has 38 heavy (non-hydrogen) atoms. The van der Waals surface area contributed by atoms with Crippen molar-refractivity contribution in [3.63, 3.8) is 0 Å². The molecule has 1 aliphatic heterocycles. The second-order valence-electron chi connectivity index (χ2n) is 8.77. The Hall–Kier alpha value is -4.13. The van der Waals surface area contributed by atoms with E-state index in [1.165, 1.54) is 16.7 Å². The summed E-state index contributed by atoms with van der Waals surface area (Å²) < 4.78 is 33.5. The van der Waals surface area contributed by atoms with E-state index < -0.39 is 21.4 Å². The number of nitrogens with zero attached hydrogens (tertiary/aromatic N) is 4. The molecule has 11 nitrogen and oxygen atoms in total. The van der Waals surface area contributed by atoms with E-state index >= 15 is 0 Å². The molecular formula is C26H26N6O5S. The third-order valence-electron chi connectivity index (χ3n) is 6.27. The van der Waals surface area contributed by atoms with Crippen LogP contribution in [0.4, 0.5) is 11.6 Å². The molecule has 0 aliphatic carbocycles. The second kappa shape index (κ2) is 10.7. The lowest BCUT2D eigenvalue weighted by Gasteiger charge is -2.26. The fourth-order valence-corrected chi connectivity index (χ4v) is 5.67. The maximum atomic E-state index is 12.8. The third-order valence-corrected chi connectivity index (χ3v) is 8.14. The van der Waals surface area contributed by atoms with Gasteiger partial charge in [-0.15, -0.1) is 0 Å². The highest BCUT2D eigenvalue weighted by atomic mass is 32.2. The van der Waals surface area contributed by atoms with E-state index in [9.17, 15) is 18.0 Å². The number of morpholine rings is 1. The first kappa shape index (κ1) is 25.5. The van der Waals surface area contributed by atoms with Crippen LogP contribution in [0.2, 0.25) is 0 Å². The van der Waals surface area contributed by atoms with Gasteiger partial charge >= 0.3 is 0 Å². The highest BCUT2D eigenvalue weighted by Gasteiger charge is 2.24. The SMILES string of the molecule is NC(=O)c1cn(-c2ccccc2)c2nc(Nc3ccc(CCS(=O)(=O)N4CCOCC4)cc3)ncc2c1=O.